The Morgan fingerprint density at radius 2 is 2.00 bits per heavy atom. The van der Waals surface area contributed by atoms with Crippen LogP contribution in [0.3, 0.4) is 0 Å². The summed E-state index contributed by atoms with van der Waals surface area (Å²) in [4.78, 5) is 17.7. The van der Waals surface area contributed by atoms with Gasteiger partial charge in [-0.2, -0.15) is 0 Å². The molecular weight excluding hydrogens is 447 g/mol. The molecule has 0 aromatic carbocycles. The van der Waals surface area contributed by atoms with Gasteiger partial charge < -0.3 is 25.0 Å². The number of carbonyl (C=O) groups excluding carboxylic acids is 1. The first-order valence-electron chi connectivity index (χ1n) is 9.51. The number of amides is 1. The van der Waals surface area contributed by atoms with Crippen LogP contribution < -0.4 is 10.6 Å². The molecule has 1 spiro atoms. The summed E-state index contributed by atoms with van der Waals surface area (Å²) in [5, 5.41) is 6.63. The second kappa shape index (κ2) is 11.3. The van der Waals surface area contributed by atoms with Crippen molar-refractivity contribution in [1.82, 2.24) is 15.5 Å². The van der Waals surface area contributed by atoms with Crippen LogP contribution in [0, 0.1) is 0 Å². The molecule has 1 saturated heterocycles. The van der Waals surface area contributed by atoms with Crippen molar-refractivity contribution in [3.8, 4) is 0 Å². The van der Waals surface area contributed by atoms with E-state index in [0.29, 0.717) is 19.1 Å². The summed E-state index contributed by atoms with van der Waals surface area (Å²) in [5.41, 5.74) is 0. The Morgan fingerprint density at radius 3 is 2.62 bits per heavy atom. The maximum atomic E-state index is 11.8. The highest BCUT2D eigenvalue weighted by Crippen LogP contribution is 2.37. The van der Waals surface area contributed by atoms with E-state index in [1.54, 1.807) is 19.0 Å². The summed E-state index contributed by atoms with van der Waals surface area (Å²) in [6.45, 7) is 5.57. The van der Waals surface area contributed by atoms with E-state index in [1.807, 2.05) is 0 Å². The maximum absolute atomic E-state index is 11.8. The smallest absolute Gasteiger partial charge is 0.243 e. The van der Waals surface area contributed by atoms with E-state index < -0.39 is 0 Å². The van der Waals surface area contributed by atoms with E-state index >= 15 is 0 Å². The first-order chi connectivity index (χ1) is 11.9. The molecule has 1 amide bonds. The number of aliphatic imine (C=N–C) groups is 1. The van der Waals surface area contributed by atoms with E-state index in [2.05, 4.69) is 29.5 Å². The fourth-order valence-corrected chi connectivity index (χ4v) is 3.06. The number of guanidine groups is 1. The first kappa shape index (κ1) is 23.4. The number of ether oxygens (including phenoxy) is 2. The Morgan fingerprint density at radius 1 is 1.31 bits per heavy atom. The minimum absolute atomic E-state index is 0. The molecule has 2 rings (SSSR count). The van der Waals surface area contributed by atoms with Gasteiger partial charge in [0, 0.05) is 39.5 Å². The number of carbonyl (C=O) groups is 1. The topological polar surface area (TPSA) is 75.2 Å². The highest BCUT2D eigenvalue weighted by atomic mass is 127. The number of halogens is 1. The third-order valence-electron chi connectivity index (χ3n) is 4.89. The van der Waals surface area contributed by atoms with Gasteiger partial charge in [-0.15, -0.1) is 24.0 Å². The third-order valence-corrected chi connectivity index (χ3v) is 4.89. The largest absolute Gasteiger partial charge is 0.354 e. The normalized spacial score (nSPS) is 23.2. The van der Waals surface area contributed by atoms with Crippen LogP contribution in [0.15, 0.2) is 4.99 Å². The highest BCUT2D eigenvalue weighted by molar-refractivity contribution is 14.0. The Hall–Kier alpha value is -0.610. The van der Waals surface area contributed by atoms with Crippen LogP contribution in [-0.2, 0) is 14.3 Å². The Labute approximate surface area is 174 Å². The zero-order valence-electron chi connectivity index (χ0n) is 16.5. The second-order valence-corrected chi connectivity index (χ2v) is 7.31. The van der Waals surface area contributed by atoms with Crippen molar-refractivity contribution in [3.63, 3.8) is 0 Å². The van der Waals surface area contributed by atoms with Crippen molar-refractivity contribution < 1.29 is 14.3 Å². The van der Waals surface area contributed by atoms with Gasteiger partial charge in [-0.3, -0.25) is 4.79 Å². The number of nitrogens with one attached hydrogen (secondary N) is 2. The summed E-state index contributed by atoms with van der Waals surface area (Å²) in [6, 6.07) is 0.283. The van der Waals surface area contributed by atoms with E-state index in [0.717, 1.165) is 19.3 Å². The first-order valence-corrected chi connectivity index (χ1v) is 9.51. The quantitative estimate of drug-likeness (QED) is 0.345. The monoisotopic (exact) mass is 482 g/mol. The molecule has 0 bridgehead atoms. The molecule has 26 heavy (non-hydrogen) atoms. The SMILES string of the molecule is CCC(C)NC(=NCC(=O)N(C)C)NCC1COC2(CCCCC2)O1.I. The van der Waals surface area contributed by atoms with Gasteiger partial charge in [0.25, 0.3) is 0 Å². The van der Waals surface area contributed by atoms with Crippen LogP contribution in [0.1, 0.15) is 52.4 Å². The predicted molar refractivity (Wildman–Crippen MR) is 114 cm³/mol. The Kier molecular flexibility index (Phi) is 10.2. The van der Waals surface area contributed by atoms with Crippen LogP contribution >= 0.6 is 24.0 Å². The lowest BCUT2D eigenvalue weighted by Gasteiger charge is -2.31. The van der Waals surface area contributed by atoms with Gasteiger partial charge >= 0.3 is 0 Å². The van der Waals surface area contributed by atoms with Crippen LogP contribution in [0.4, 0.5) is 0 Å². The average Bonchev–Trinajstić information content (AvgIpc) is 2.99. The molecule has 2 N–H and O–H groups in total. The molecule has 2 aliphatic rings. The predicted octanol–water partition coefficient (Wildman–Crippen LogP) is 2.10. The molecule has 0 aromatic rings. The molecule has 1 aliphatic carbocycles. The lowest BCUT2D eigenvalue weighted by molar-refractivity contribution is -0.186. The number of nitrogens with zero attached hydrogens (tertiary/aromatic N) is 2. The lowest BCUT2D eigenvalue weighted by atomic mass is 9.94. The summed E-state index contributed by atoms with van der Waals surface area (Å²) in [7, 11) is 3.47. The summed E-state index contributed by atoms with van der Waals surface area (Å²) < 4.78 is 12.2. The number of hydrogen-bond donors (Lipinski definition) is 2. The molecule has 1 saturated carbocycles. The lowest BCUT2D eigenvalue weighted by Crippen LogP contribution is -2.46. The van der Waals surface area contributed by atoms with Crippen molar-refractivity contribution in [1.29, 1.82) is 0 Å². The second-order valence-electron chi connectivity index (χ2n) is 7.31. The van der Waals surface area contributed by atoms with Crippen LogP contribution in [0.5, 0.6) is 0 Å². The van der Waals surface area contributed by atoms with E-state index in [-0.39, 0.29) is 54.4 Å². The van der Waals surface area contributed by atoms with Crippen molar-refractivity contribution in [3.05, 3.63) is 0 Å². The molecule has 7 nitrogen and oxygen atoms in total. The number of likely N-dealkylation sites (N-methyl/N-ethyl adjacent to an activating group) is 1. The maximum Gasteiger partial charge on any atom is 0.243 e. The van der Waals surface area contributed by atoms with Gasteiger partial charge in [0.1, 0.15) is 12.6 Å². The molecule has 1 aliphatic heterocycles. The highest BCUT2D eigenvalue weighted by Gasteiger charge is 2.42. The van der Waals surface area contributed by atoms with Gasteiger partial charge in [-0.05, 0) is 26.2 Å². The summed E-state index contributed by atoms with van der Waals surface area (Å²) in [5.74, 6) is 0.275. The molecule has 2 atom stereocenters. The van der Waals surface area contributed by atoms with Crippen molar-refractivity contribution in [2.75, 3.05) is 33.8 Å². The fourth-order valence-electron chi connectivity index (χ4n) is 3.06. The average molecular weight is 482 g/mol. The number of rotatable bonds is 6. The molecule has 8 heteroatoms. The van der Waals surface area contributed by atoms with Crippen LogP contribution in [-0.4, -0.2) is 68.5 Å². The Balaban J connectivity index is 0.00000338. The molecule has 1 heterocycles. The van der Waals surface area contributed by atoms with E-state index in [9.17, 15) is 4.79 Å². The minimum Gasteiger partial charge on any atom is -0.354 e. The molecular formula is C18H35IN4O3. The molecule has 0 aromatic heterocycles. The van der Waals surface area contributed by atoms with Gasteiger partial charge in [0.2, 0.25) is 5.91 Å². The van der Waals surface area contributed by atoms with Crippen LogP contribution in [0.25, 0.3) is 0 Å². The summed E-state index contributed by atoms with van der Waals surface area (Å²) >= 11 is 0. The van der Waals surface area contributed by atoms with Crippen molar-refractivity contribution >= 4 is 35.8 Å². The van der Waals surface area contributed by atoms with Crippen molar-refractivity contribution in [2.45, 2.75) is 70.3 Å². The van der Waals surface area contributed by atoms with Gasteiger partial charge in [-0.25, -0.2) is 4.99 Å². The standard InChI is InChI=1S/C18H34N4O3.HI/c1-5-14(2)21-17(20-12-16(23)22(3)4)19-11-15-13-24-18(25-15)9-7-6-8-10-18;/h14-15H,5-13H2,1-4H3,(H2,19,20,21);1H. The molecule has 2 fully saturated rings. The van der Waals surface area contributed by atoms with Crippen LogP contribution in [0.2, 0.25) is 0 Å². The Bertz CT molecular complexity index is 467. The minimum atomic E-state index is -0.354. The number of hydrogen-bond acceptors (Lipinski definition) is 4. The van der Waals surface area contributed by atoms with Crippen molar-refractivity contribution in [2.24, 2.45) is 4.99 Å². The zero-order valence-corrected chi connectivity index (χ0v) is 18.9. The van der Waals surface area contributed by atoms with Gasteiger partial charge in [-0.1, -0.05) is 13.3 Å². The molecule has 0 radical (unpaired) electrons. The van der Waals surface area contributed by atoms with Gasteiger partial charge in [0.05, 0.1) is 6.61 Å². The summed E-state index contributed by atoms with van der Waals surface area (Å²) in [6.07, 6.45) is 6.61. The fraction of sp³-hybridized carbons (Fsp3) is 0.889. The molecule has 152 valence electrons. The third kappa shape index (κ3) is 7.19. The van der Waals surface area contributed by atoms with E-state index in [1.165, 1.54) is 19.3 Å². The zero-order chi connectivity index (χ0) is 18.3. The molecule has 2 unspecified atom stereocenters. The van der Waals surface area contributed by atoms with Gasteiger partial charge in [0.15, 0.2) is 11.7 Å². The van der Waals surface area contributed by atoms with E-state index in [4.69, 9.17) is 9.47 Å².